The zero-order valence-corrected chi connectivity index (χ0v) is 20.0. The minimum atomic E-state index is -3.64. The van der Waals surface area contributed by atoms with Crippen molar-refractivity contribution in [3.8, 4) is 0 Å². The highest BCUT2D eigenvalue weighted by molar-refractivity contribution is 7.89. The van der Waals surface area contributed by atoms with E-state index in [0.29, 0.717) is 29.9 Å². The van der Waals surface area contributed by atoms with Crippen molar-refractivity contribution in [1.29, 1.82) is 0 Å². The Kier molecular flexibility index (Phi) is 6.81. The van der Waals surface area contributed by atoms with E-state index in [9.17, 15) is 18.0 Å². The van der Waals surface area contributed by atoms with Crippen molar-refractivity contribution in [2.24, 2.45) is 0 Å². The van der Waals surface area contributed by atoms with Crippen LogP contribution in [-0.2, 0) is 21.4 Å². The summed E-state index contributed by atoms with van der Waals surface area (Å²) in [6, 6.07) is 19.0. The van der Waals surface area contributed by atoms with E-state index in [0.717, 1.165) is 23.1 Å². The lowest BCUT2D eigenvalue weighted by atomic mass is 10.1. The van der Waals surface area contributed by atoms with Crippen molar-refractivity contribution < 1.29 is 18.0 Å². The van der Waals surface area contributed by atoms with E-state index >= 15 is 0 Å². The van der Waals surface area contributed by atoms with Gasteiger partial charge in [0.25, 0.3) is 5.91 Å². The molecule has 3 aromatic carbocycles. The van der Waals surface area contributed by atoms with E-state index < -0.39 is 10.0 Å². The maximum absolute atomic E-state index is 12.8. The molecular weight excluding hydrogens is 450 g/mol. The summed E-state index contributed by atoms with van der Waals surface area (Å²) >= 11 is 0. The number of nitrogens with one attached hydrogen (secondary N) is 2. The molecule has 3 aromatic rings. The lowest BCUT2D eigenvalue weighted by molar-refractivity contribution is -0.117. The molecule has 0 radical (unpaired) electrons. The number of anilines is 2. The van der Waals surface area contributed by atoms with Crippen LogP contribution in [0.3, 0.4) is 0 Å². The first-order chi connectivity index (χ1) is 16.2. The van der Waals surface area contributed by atoms with Crippen LogP contribution in [0.5, 0.6) is 0 Å². The molecule has 4 rings (SSSR count). The van der Waals surface area contributed by atoms with Crippen molar-refractivity contribution >= 4 is 33.2 Å². The average Bonchev–Trinajstić information content (AvgIpc) is 3.25. The van der Waals surface area contributed by atoms with Gasteiger partial charge in [0, 0.05) is 25.1 Å². The maximum Gasteiger partial charge on any atom is 0.255 e. The van der Waals surface area contributed by atoms with Gasteiger partial charge in [-0.3, -0.25) is 9.59 Å². The molecule has 0 saturated carbocycles. The molecule has 1 heterocycles. The summed E-state index contributed by atoms with van der Waals surface area (Å²) in [6.07, 6.45) is 1.31. The number of rotatable bonds is 7. The fourth-order valence-electron chi connectivity index (χ4n) is 3.83. The minimum Gasteiger partial charge on any atom is -0.320 e. The Bertz CT molecular complexity index is 1330. The van der Waals surface area contributed by atoms with Gasteiger partial charge in [-0.1, -0.05) is 30.3 Å². The van der Waals surface area contributed by atoms with Gasteiger partial charge in [-0.25, -0.2) is 13.1 Å². The van der Waals surface area contributed by atoms with Gasteiger partial charge in [0.05, 0.1) is 16.3 Å². The number of benzene rings is 3. The standard InChI is InChI=1S/C26H27N3O4S/c1-18-9-14-22(16-19(18)2)34(32,33)27-17-20-10-12-21(13-11-20)26(31)28-23-6-3-4-7-24(23)29-15-5-8-25(29)30/h3-4,6-7,9-14,16,27H,5,8,15,17H2,1-2H3,(H,28,31). The van der Waals surface area contributed by atoms with Gasteiger partial charge in [-0.15, -0.1) is 0 Å². The third-order valence-corrected chi connectivity index (χ3v) is 7.39. The largest absolute Gasteiger partial charge is 0.320 e. The molecule has 0 bridgehead atoms. The molecule has 2 amide bonds. The highest BCUT2D eigenvalue weighted by Crippen LogP contribution is 2.29. The number of carbonyl (C=O) groups excluding carboxylic acids is 2. The first kappa shape index (κ1) is 23.7. The maximum atomic E-state index is 12.8. The molecule has 1 aliphatic heterocycles. The highest BCUT2D eigenvalue weighted by Gasteiger charge is 2.24. The quantitative estimate of drug-likeness (QED) is 0.534. The Balaban J connectivity index is 1.42. The predicted molar refractivity (Wildman–Crippen MR) is 132 cm³/mol. The van der Waals surface area contributed by atoms with Gasteiger partial charge in [-0.2, -0.15) is 0 Å². The number of hydrogen-bond acceptors (Lipinski definition) is 4. The second-order valence-electron chi connectivity index (χ2n) is 8.39. The number of carbonyl (C=O) groups is 2. The Labute approximate surface area is 199 Å². The molecule has 1 saturated heterocycles. The third kappa shape index (κ3) is 5.18. The van der Waals surface area contributed by atoms with Crippen molar-refractivity contribution in [1.82, 2.24) is 4.72 Å². The molecule has 0 spiro atoms. The molecule has 1 aliphatic rings. The second kappa shape index (κ2) is 9.79. The SMILES string of the molecule is Cc1ccc(S(=O)(=O)NCc2ccc(C(=O)Nc3ccccc3N3CCCC3=O)cc2)cc1C. The van der Waals surface area contributed by atoms with Gasteiger partial charge in [0.15, 0.2) is 0 Å². The number of para-hydroxylation sites is 2. The summed E-state index contributed by atoms with van der Waals surface area (Å²) in [7, 11) is -3.64. The third-order valence-electron chi connectivity index (χ3n) is 5.99. The average molecular weight is 478 g/mol. The Hall–Kier alpha value is -3.49. The fraction of sp³-hybridized carbons (Fsp3) is 0.231. The molecule has 0 atom stereocenters. The van der Waals surface area contributed by atoms with Crippen LogP contribution in [0.15, 0.2) is 71.6 Å². The molecule has 2 N–H and O–H groups in total. The number of amides is 2. The molecule has 176 valence electrons. The normalized spacial score (nSPS) is 13.8. The molecular formula is C26H27N3O4S. The summed E-state index contributed by atoms with van der Waals surface area (Å²) in [5, 5.41) is 2.89. The van der Waals surface area contributed by atoms with Crippen LogP contribution in [0.2, 0.25) is 0 Å². The van der Waals surface area contributed by atoms with Crippen LogP contribution in [0.25, 0.3) is 0 Å². The predicted octanol–water partition coefficient (Wildman–Crippen LogP) is 4.16. The first-order valence-corrected chi connectivity index (χ1v) is 12.6. The molecule has 0 unspecified atom stereocenters. The van der Waals surface area contributed by atoms with Crippen molar-refractivity contribution in [2.45, 2.75) is 38.1 Å². The summed E-state index contributed by atoms with van der Waals surface area (Å²) in [5.41, 5.74) is 4.37. The van der Waals surface area contributed by atoms with E-state index in [1.165, 1.54) is 0 Å². The molecule has 1 fully saturated rings. The van der Waals surface area contributed by atoms with Crippen molar-refractivity contribution in [2.75, 3.05) is 16.8 Å². The number of nitrogens with zero attached hydrogens (tertiary/aromatic N) is 1. The van der Waals surface area contributed by atoms with Crippen LogP contribution >= 0.6 is 0 Å². The van der Waals surface area contributed by atoms with Crippen LogP contribution in [0, 0.1) is 13.8 Å². The number of hydrogen-bond donors (Lipinski definition) is 2. The molecule has 8 heteroatoms. The van der Waals surface area contributed by atoms with Crippen LogP contribution in [-0.4, -0.2) is 26.8 Å². The zero-order chi connectivity index (χ0) is 24.3. The number of aryl methyl sites for hydroxylation is 2. The van der Waals surface area contributed by atoms with E-state index in [-0.39, 0.29) is 23.3 Å². The van der Waals surface area contributed by atoms with Gasteiger partial charge >= 0.3 is 0 Å². The van der Waals surface area contributed by atoms with Gasteiger partial charge < -0.3 is 10.2 Å². The van der Waals surface area contributed by atoms with Gasteiger partial charge in [-0.05, 0) is 73.4 Å². The summed E-state index contributed by atoms with van der Waals surface area (Å²) in [5.74, 6) is -0.254. The summed E-state index contributed by atoms with van der Waals surface area (Å²) < 4.78 is 27.8. The Morgan fingerprint density at radius 2 is 1.71 bits per heavy atom. The van der Waals surface area contributed by atoms with Gasteiger partial charge in [0.2, 0.25) is 15.9 Å². The van der Waals surface area contributed by atoms with Crippen LogP contribution in [0.1, 0.15) is 39.9 Å². The van der Waals surface area contributed by atoms with Crippen molar-refractivity contribution in [3.63, 3.8) is 0 Å². The van der Waals surface area contributed by atoms with E-state index in [4.69, 9.17) is 0 Å². The first-order valence-electron chi connectivity index (χ1n) is 11.1. The molecule has 34 heavy (non-hydrogen) atoms. The summed E-state index contributed by atoms with van der Waals surface area (Å²) in [4.78, 5) is 26.9. The van der Waals surface area contributed by atoms with E-state index in [2.05, 4.69) is 10.0 Å². The highest BCUT2D eigenvalue weighted by atomic mass is 32.2. The molecule has 7 nitrogen and oxygen atoms in total. The Morgan fingerprint density at radius 1 is 0.971 bits per heavy atom. The second-order valence-corrected chi connectivity index (χ2v) is 10.2. The Morgan fingerprint density at radius 3 is 2.38 bits per heavy atom. The lowest BCUT2D eigenvalue weighted by Crippen LogP contribution is -2.25. The summed E-state index contributed by atoms with van der Waals surface area (Å²) in [6.45, 7) is 4.55. The van der Waals surface area contributed by atoms with Crippen LogP contribution < -0.4 is 14.9 Å². The van der Waals surface area contributed by atoms with Crippen LogP contribution in [0.4, 0.5) is 11.4 Å². The van der Waals surface area contributed by atoms with Crippen molar-refractivity contribution in [3.05, 3.63) is 89.0 Å². The van der Waals surface area contributed by atoms with Gasteiger partial charge in [0.1, 0.15) is 0 Å². The zero-order valence-electron chi connectivity index (χ0n) is 19.2. The van der Waals surface area contributed by atoms with E-state index in [1.54, 1.807) is 53.4 Å². The molecule has 0 aromatic heterocycles. The fourth-order valence-corrected chi connectivity index (χ4v) is 4.93. The lowest BCUT2D eigenvalue weighted by Gasteiger charge is -2.20. The number of sulfonamides is 1. The monoisotopic (exact) mass is 477 g/mol. The van der Waals surface area contributed by atoms with E-state index in [1.807, 2.05) is 32.0 Å². The molecule has 0 aliphatic carbocycles. The smallest absolute Gasteiger partial charge is 0.255 e. The topological polar surface area (TPSA) is 95.6 Å². The minimum absolute atomic E-state index is 0.0503.